The highest BCUT2D eigenvalue weighted by molar-refractivity contribution is 5.89. The Kier molecular flexibility index (Phi) is 5.88. The van der Waals surface area contributed by atoms with Crippen LogP contribution < -0.4 is 0 Å². The van der Waals surface area contributed by atoms with Gasteiger partial charge in [-0.3, -0.25) is 14.4 Å². The highest BCUT2D eigenvalue weighted by Gasteiger charge is 2.37. The van der Waals surface area contributed by atoms with Gasteiger partial charge in [-0.2, -0.15) is 0 Å². The number of carbonyl (C=O) groups is 3. The molecule has 1 N–H and O–H groups in total. The maximum atomic E-state index is 12.7. The van der Waals surface area contributed by atoms with Gasteiger partial charge in [-0.15, -0.1) is 0 Å². The van der Waals surface area contributed by atoms with Gasteiger partial charge in [0.2, 0.25) is 11.8 Å². The topological polar surface area (TPSA) is 87.2 Å². The Morgan fingerprint density at radius 1 is 1.19 bits per heavy atom. The molecule has 0 bridgehead atoms. The molecule has 1 aromatic rings. The molecule has 26 heavy (non-hydrogen) atoms. The molecule has 2 atom stereocenters. The first-order valence-corrected chi connectivity index (χ1v) is 8.97. The first kappa shape index (κ1) is 18.4. The van der Waals surface area contributed by atoms with E-state index in [1.54, 1.807) is 9.80 Å². The molecule has 2 heterocycles. The smallest absolute Gasteiger partial charge is 0.306 e. The molecule has 140 valence electrons. The zero-order valence-electron chi connectivity index (χ0n) is 14.7. The van der Waals surface area contributed by atoms with Crippen molar-refractivity contribution in [2.24, 2.45) is 5.92 Å². The Labute approximate surface area is 152 Å². The van der Waals surface area contributed by atoms with E-state index in [1.165, 1.54) is 5.56 Å². The maximum absolute atomic E-state index is 12.7. The summed E-state index contributed by atoms with van der Waals surface area (Å²) in [5.74, 6) is -1.34. The summed E-state index contributed by atoms with van der Waals surface area (Å²) in [6.45, 7) is 2.11. The average Bonchev–Trinajstić information content (AvgIpc) is 3.00. The molecule has 1 aromatic carbocycles. The lowest BCUT2D eigenvalue weighted by atomic mass is 10.1. The van der Waals surface area contributed by atoms with E-state index in [2.05, 4.69) is 0 Å². The first-order valence-electron chi connectivity index (χ1n) is 8.97. The molecule has 2 amide bonds. The average molecular weight is 360 g/mol. The standard InChI is InChI=1S/C19H24N2O5/c22-17-10-15(12-20(17)7-6-14-4-2-1-3-5-14)19(25)21-8-9-26-16(13-21)11-18(23)24/h1-5,15-16H,6-13H2,(H,23,24)/t15-,16+/m0/s1. The summed E-state index contributed by atoms with van der Waals surface area (Å²) < 4.78 is 5.41. The number of aliphatic carboxylic acids is 1. The van der Waals surface area contributed by atoms with E-state index in [1.807, 2.05) is 30.3 Å². The van der Waals surface area contributed by atoms with Crippen LogP contribution in [-0.2, 0) is 25.5 Å². The Balaban J connectivity index is 1.52. The van der Waals surface area contributed by atoms with Crippen LogP contribution in [0.5, 0.6) is 0 Å². The Morgan fingerprint density at radius 2 is 1.96 bits per heavy atom. The molecule has 2 saturated heterocycles. The van der Waals surface area contributed by atoms with Gasteiger partial charge in [-0.1, -0.05) is 30.3 Å². The molecule has 0 aliphatic carbocycles. The van der Waals surface area contributed by atoms with E-state index in [0.717, 1.165) is 6.42 Å². The fourth-order valence-electron chi connectivity index (χ4n) is 3.56. The summed E-state index contributed by atoms with van der Waals surface area (Å²) in [5.41, 5.74) is 1.17. The summed E-state index contributed by atoms with van der Waals surface area (Å²) in [6.07, 6.45) is 0.410. The predicted molar refractivity (Wildman–Crippen MR) is 93.4 cm³/mol. The van der Waals surface area contributed by atoms with E-state index in [0.29, 0.717) is 26.2 Å². The third-order valence-electron chi connectivity index (χ3n) is 4.93. The van der Waals surface area contributed by atoms with Crippen molar-refractivity contribution < 1.29 is 24.2 Å². The third-order valence-corrected chi connectivity index (χ3v) is 4.93. The molecule has 2 aliphatic rings. The van der Waals surface area contributed by atoms with E-state index in [-0.39, 0.29) is 37.1 Å². The molecule has 7 nitrogen and oxygen atoms in total. The Morgan fingerprint density at radius 3 is 2.69 bits per heavy atom. The van der Waals surface area contributed by atoms with Gasteiger partial charge in [-0.05, 0) is 12.0 Å². The number of hydrogen-bond acceptors (Lipinski definition) is 4. The number of ether oxygens (including phenoxy) is 1. The van der Waals surface area contributed by atoms with Gasteiger partial charge < -0.3 is 19.6 Å². The van der Waals surface area contributed by atoms with E-state index >= 15 is 0 Å². The zero-order valence-corrected chi connectivity index (χ0v) is 14.7. The monoisotopic (exact) mass is 360 g/mol. The number of benzene rings is 1. The quantitative estimate of drug-likeness (QED) is 0.810. The SMILES string of the molecule is O=C(O)C[C@@H]1CN(C(=O)[C@H]2CC(=O)N(CCc3ccccc3)C2)CCO1. The number of hydrogen-bond donors (Lipinski definition) is 1. The first-order chi connectivity index (χ1) is 12.5. The predicted octanol–water partition coefficient (Wildman–Crippen LogP) is 0.780. The number of morpholine rings is 1. The number of carboxylic acid groups (broad SMARTS) is 1. The summed E-state index contributed by atoms with van der Waals surface area (Å²) in [6, 6.07) is 9.96. The van der Waals surface area contributed by atoms with Gasteiger partial charge >= 0.3 is 5.97 Å². The molecule has 7 heteroatoms. The zero-order chi connectivity index (χ0) is 18.5. The molecule has 0 spiro atoms. The van der Waals surface area contributed by atoms with Crippen LogP contribution in [0.1, 0.15) is 18.4 Å². The lowest BCUT2D eigenvalue weighted by Gasteiger charge is -2.33. The van der Waals surface area contributed by atoms with E-state index in [9.17, 15) is 14.4 Å². The van der Waals surface area contributed by atoms with Crippen molar-refractivity contribution in [3.05, 3.63) is 35.9 Å². The number of carboxylic acids is 1. The normalized spacial score (nSPS) is 23.3. The number of likely N-dealkylation sites (tertiary alicyclic amines) is 1. The molecule has 3 rings (SSSR count). The van der Waals surface area contributed by atoms with Gasteiger partial charge in [0.05, 0.1) is 25.0 Å². The van der Waals surface area contributed by atoms with E-state index < -0.39 is 12.1 Å². The van der Waals surface area contributed by atoms with Crippen molar-refractivity contribution in [2.45, 2.75) is 25.4 Å². The second-order valence-corrected chi connectivity index (χ2v) is 6.85. The molecule has 0 unspecified atom stereocenters. The molecule has 0 saturated carbocycles. The second kappa shape index (κ2) is 8.31. The van der Waals surface area contributed by atoms with Crippen LogP contribution >= 0.6 is 0 Å². The van der Waals surface area contributed by atoms with Crippen molar-refractivity contribution in [1.29, 1.82) is 0 Å². The van der Waals surface area contributed by atoms with Gasteiger partial charge in [0, 0.05) is 32.6 Å². The summed E-state index contributed by atoms with van der Waals surface area (Å²) in [4.78, 5) is 39.2. The maximum Gasteiger partial charge on any atom is 0.306 e. The van der Waals surface area contributed by atoms with Crippen molar-refractivity contribution in [2.75, 3.05) is 32.8 Å². The lowest BCUT2D eigenvalue weighted by Crippen LogP contribution is -2.48. The minimum absolute atomic E-state index is 0.00891. The Bertz CT molecular complexity index is 663. The molecule has 2 aliphatic heterocycles. The van der Waals surface area contributed by atoms with Crippen molar-refractivity contribution in [3.63, 3.8) is 0 Å². The minimum atomic E-state index is -0.938. The van der Waals surface area contributed by atoms with Crippen LogP contribution in [0.2, 0.25) is 0 Å². The van der Waals surface area contributed by atoms with Crippen molar-refractivity contribution >= 4 is 17.8 Å². The van der Waals surface area contributed by atoms with Crippen molar-refractivity contribution in [1.82, 2.24) is 9.80 Å². The van der Waals surface area contributed by atoms with Crippen LogP contribution in [0.25, 0.3) is 0 Å². The molecular weight excluding hydrogens is 336 g/mol. The van der Waals surface area contributed by atoms with Crippen LogP contribution in [0, 0.1) is 5.92 Å². The van der Waals surface area contributed by atoms with Gasteiger partial charge in [0.1, 0.15) is 0 Å². The summed E-state index contributed by atoms with van der Waals surface area (Å²) in [7, 11) is 0. The van der Waals surface area contributed by atoms with Crippen LogP contribution in [0.15, 0.2) is 30.3 Å². The molecular formula is C19H24N2O5. The highest BCUT2D eigenvalue weighted by Crippen LogP contribution is 2.22. The van der Waals surface area contributed by atoms with Crippen molar-refractivity contribution in [3.8, 4) is 0 Å². The number of amides is 2. The Hall–Kier alpha value is -2.41. The number of nitrogens with zero attached hydrogens (tertiary/aromatic N) is 2. The lowest BCUT2D eigenvalue weighted by molar-refractivity contribution is -0.149. The number of carbonyl (C=O) groups excluding carboxylic acids is 2. The second-order valence-electron chi connectivity index (χ2n) is 6.85. The molecule has 0 radical (unpaired) electrons. The van der Waals surface area contributed by atoms with Crippen LogP contribution in [-0.4, -0.2) is 71.6 Å². The highest BCUT2D eigenvalue weighted by atomic mass is 16.5. The van der Waals surface area contributed by atoms with Crippen LogP contribution in [0.3, 0.4) is 0 Å². The van der Waals surface area contributed by atoms with E-state index in [4.69, 9.17) is 9.84 Å². The van der Waals surface area contributed by atoms with Gasteiger partial charge in [0.25, 0.3) is 0 Å². The minimum Gasteiger partial charge on any atom is -0.481 e. The van der Waals surface area contributed by atoms with Gasteiger partial charge in [0.15, 0.2) is 0 Å². The molecule has 0 aromatic heterocycles. The summed E-state index contributed by atoms with van der Waals surface area (Å²) >= 11 is 0. The summed E-state index contributed by atoms with van der Waals surface area (Å²) in [5, 5.41) is 8.89. The number of rotatable bonds is 6. The third kappa shape index (κ3) is 4.60. The van der Waals surface area contributed by atoms with Crippen LogP contribution in [0.4, 0.5) is 0 Å². The fraction of sp³-hybridized carbons (Fsp3) is 0.526. The fourth-order valence-corrected chi connectivity index (χ4v) is 3.56. The molecule has 2 fully saturated rings. The largest absolute Gasteiger partial charge is 0.481 e. The van der Waals surface area contributed by atoms with Gasteiger partial charge in [-0.25, -0.2) is 0 Å².